The number of piperidine rings is 1. The van der Waals surface area contributed by atoms with Crippen molar-refractivity contribution in [1.82, 2.24) is 25.8 Å². The molecule has 1 unspecified atom stereocenters. The SMILES string of the molecule is CCCNC(=O)CN1CCC(NC(=NCC2CCCN2Cc2ccccc2)NCC)CC1.I. The van der Waals surface area contributed by atoms with Crippen LogP contribution in [0.5, 0.6) is 0 Å². The van der Waals surface area contributed by atoms with Crippen LogP contribution in [-0.2, 0) is 11.3 Å². The van der Waals surface area contributed by atoms with Gasteiger partial charge in [0, 0.05) is 44.8 Å². The highest BCUT2D eigenvalue weighted by Crippen LogP contribution is 2.20. The number of likely N-dealkylation sites (tertiary alicyclic amines) is 2. The lowest BCUT2D eigenvalue weighted by Gasteiger charge is -2.32. The summed E-state index contributed by atoms with van der Waals surface area (Å²) in [7, 11) is 0. The molecule has 0 saturated carbocycles. The van der Waals surface area contributed by atoms with E-state index in [0.717, 1.165) is 71.0 Å². The Bertz CT molecular complexity index is 708. The minimum Gasteiger partial charge on any atom is -0.357 e. The van der Waals surface area contributed by atoms with E-state index in [9.17, 15) is 4.79 Å². The van der Waals surface area contributed by atoms with Crippen molar-refractivity contribution in [2.24, 2.45) is 4.99 Å². The third kappa shape index (κ3) is 9.78. The normalized spacial score (nSPS) is 20.3. The molecule has 1 atom stereocenters. The van der Waals surface area contributed by atoms with E-state index < -0.39 is 0 Å². The first-order valence-corrected chi connectivity index (χ1v) is 12.5. The molecule has 2 saturated heterocycles. The van der Waals surface area contributed by atoms with Gasteiger partial charge in [0.1, 0.15) is 0 Å². The van der Waals surface area contributed by atoms with E-state index >= 15 is 0 Å². The number of carbonyl (C=O) groups is 1. The highest BCUT2D eigenvalue weighted by Gasteiger charge is 2.25. The number of hydrogen-bond donors (Lipinski definition) is 3. The van der Waals surface area contributed by atoms with Crippen molar-refractivity contribution in [2.45, 2.75) is 64.6 Å². The van der Waals surface area contributed by atoms with E-state index in [2.05, 4.69) is 69.9 Å². The number of aliphatic imine (C=N–C) groups is 1. The van der Waals surface area contributed by atoms with Gasteiger partial charge in [-0.05, 0) is 51.1 Å². The van der Waals surface area contributed by atoms with Gasteiger partial charge in [0.2, 0.25) is 5.91 Å². The largest absolute Gasteiger partial charge is 0.357 e. The molecular weight excluding hydrogens is 527 g/mol. The number of nitrogens with zero attached hydrogens (tertiary/aromatic N) is 3. The van der Waals surface area contributed by atoms with Crippen LogP contribution < -0.4 is 16.0 Å². The molecule has 2 aliphatic heterocycles. The highest BCUT2D eigenvalue weighted by atomic mass is 127. The Hall–Kier alpha value is -1.39. The molecular formula is C25H43IN6O. The Morgan fingerprint density at radius 2 is 1.82 bits per heavy atom. The number of carbonyl (C=O) groups excluding carboxylic acids is 1. The molecule has 1 aromatic rings. The van der Waals surface area contributed by atoms with Crippen molar-refractivity contribution in [3.8, 4) is 0 Å². The molecule has 0 radical (unpaired) electrons. The lowest BCUT2D eigenvalue weighted by molar-refractivity contribution is -0.122. The molecule has 3 N–H and O–H groups in total. The van der Waals surface area contributed by atoms with Crippen molar-refractivity contribution in [2.75, 3.05) is 45.8 Å². The van der Waals surface area contributed by atoms with Gasteiger partial charge in [0.05, 0.1) is 13.1 Å². The van der Waals surface area contributed by atoms with E-state index in [0.29, 0.717) is 18.6 Å². The summed E-state index contributed by atoms with van der Waals surface area (Å²) in [6, 6.07) is 11.7. The maximum Gasteiger partial charge on any atom is 0.234 e. The molecule has 186 valence electrons. The van der Waals surface area contributed by atoms with Gasteiger partial charge in [-0.3, -0.25) is 19.6 Å². The highest BCUT2D eigenvalue weighted by molar-refractivity contribution is 14.0. The van der Waals surface area contributed by atoms with Crippen LogP contribution in [0.3, 0.4) is 0 Å². The van der Waals surface area contributed by atoms with Crippen LogP contribution in [0, 0.1) is 0 Å². The van der Waals surface area contributed by atoms with Gasteiger partial charge in [-0.25, -0.2) is 0 Å². The van der Waals surface area contributed by atoms with Gasteiger partial charge in [-0.2, -0.15) is 0 Å². The first-order valence-electron chi connectivity index (χ1n) is 12.5. The fourth-order valence-corrected chi connectivity index (χ4v) is 4.60. The molecule has 7 nitrogen and oxygen atoms in total. The van der Waals surface area contributed by atoms with Gasteiger partial charge < -0.3 is 16.0 Å². The summed E-state index contributed by atoms with van der Waals surface area (Å²) in [5, 5.41) is 10.0. The average molecular weight is 571 g/mol. The molecule has 2 fully saturated rings. The minimum absolute atomic E-state index is 0. The van der Waals surface area contributed by atoms with Gasteiger partial charge in [-0.15, -0.1) is 24.0 Å². The topological polar surface area (TPSA) is 72.0 Å². The Labute approximate surface area is 217 Å². The van der Waals surface area contributed by atoms with Crippen LogP contribution in [0.2, 0.25) is 0 Å². The molecule has 1 amide bonds. The summed E-state index contributed by atoms with van der Waals surface area (Å²) in [6.07, 6.45) is 5.52. The van der Waals surface area contributed by atoms with Crippen molar-refractivity contribution in [3.63, 3.8) is 0 Å². The lowest BCUT2D eigenvalue weighted by atomic mass is 10.1. The van der Waals surface area contributed by atoms with E-state index in [1.807, 2.05) is 0 Å². The smallest absolute Gasteiger partial charge is 0.234 e. The van der Waals surface area contributed by atoms with Crippen LogP contribution in [0.1, 0.15) is 51.5 Å². The molecule has 0 spiro atoms. The zero-order valence-corrected chi connectivity index (χ0v) is 22.7. The van der Waals surface area contributed by atoms with Crippen LogP contribution in [0.4, 0.5) is 0 Å². The maximum atomic E-state index is 12.0. The summed E-state index contributed by atoms with van der Waals surface area (Å²) in [6.45, 7) is 11.2. The number of hydrogen-bond acceptors (Lipinski definition) is 4. The lowest BCUT2D eigenvalue weighted by Crippen LogP contribution is -2.50. The monoisotopic (exact) mass is 570 g/mol. The molecule has 8 heteroatoms. The zero-order valence-electron chi connectivity index (χ0n) is 20.4. The van der Waals surface area contributed by atoms with E-state index in [1.54, 1.807) is 0 Å². The summed E-state index contributed by atoms with van der Waals surface area (Å²) < 4.78 is 0. The van der Waals surface area contributed by atoms with Gasteiger partial charge in [0.25, 0.3) is 0 Å². The standard InChI is InChI=1S/C25H42N6O.HI/c1-3-14-27-24(32)20-30-16-12-22(13-17-30)29-25(26-4-2)28-18-23-11-8-15-31(23)19-21-9-6-5-7-10-21;/h5-7,9-10,22-23H,3-4,8,11-20H2,1-2H3,(H,27,32)(H2,26,28,29);1H. The summed E-state index contributed by atoms with van der Waals surface area (Å²) in [5.41, 5.74) is 1.38. The van der Waals surface area contributed by atoms with Gasteiger partial charge in [0.15, 0.2) is 5.96 Å². The fraction of sp³-hybridized carbons (Fsp3) is 0.680. The van der Waals surface area contributed by atoms with E-state index in [4.69, 9.17) is 4.99 Å². The number of halogens is 1. The summed E-state index contributed by atoms with van der Waals surface area (Å²) in [4.78, 5) is 21.8. The number of benzene rings is 1. The first-order chi connectivity index (χ1) is 15.7. The predicted octanol–water partition coefficient (Wildman–Crippen LogP) is 2.81. The van der Waals surface area contributed by atoms with Crippen molar-refractivity contribution < 1.29 is 4.79 Å². The van der Waals surface area contributed by atoms with Crippen LogP contribution in [0.25, 0.3) is 0 Å². The van der Waals surface area contributed by atoms with Gasteiger partial charge >= 0.3 is 0 Å². The third-order valence-corrected chi connectivity index (χ3v) is 6.40. The Morgan fingerprint density at radius 3 is 2.52 bits per heavy atom. The maximum absolute atomic E-state index is 12.0. The molecule has 0 bridgehead atoms. The minimum atomic E-state index is 0. The molecule has 0 aromatic heterocycles. The fourth-order valence-electron chi connectivity index (χ4n) is 4.60. The number of nitrogens with one attached hydrogen (secondary N) is 3. The van der Waals surface area contributed by atoms with Gasteiger partial charge in [-0.1, -0.05) is 37.3 Å². The second-order valence-corrected chi connectivity index (χ2v) is 9.02. The molecule has 3 rings (SSSR count). The zero-order chi connectivity index (χ0) is 22.6. The molecule has 0 aliphatic carbocycles. The quantitative estimate of drug-likeness (QED) is 0.229. The number of amides is 1. The predicted molar refractivity (Wildman–Crippen MR) is 147 cm³/mol. The van der Waals surface area contributed by atoms with Crippen LogP contribution in [0.15, 0.2) is 35.3 Å². The van der Waals surface area contributed by atoms with E-state index in [1.165, 1.54) is 18.4 Å². The Kier molecular flexibility index (Phi) is 13.1. The van der Waals surface area contributed by atoms with Crippen molar-refractivity contribution >= 4 is 35.8 Å². The second-order valence-electron chi connectivity index (χ2n) is 9.02. The third-order valence-electron chi connectivity index (χ3n) is 6.40. The van der Waals surface area contributed by atoms with Crippen LogP contribution >= 0.6 is 24.0 Å². The Balaban J connectivity index is 0.00000385. The first kappa shape index (κ1) is 27.9. The average Bonchev–Trinajstić information content (AvgIpc) is 3.25. The number of rotatable bonds is 10. The second kappa shape index (κ2) is 15.5. The number of guanidine groups is 1. The van der Waals surface area contributed by atoms with E-state index in [-0.39, 0.29) is 29.9 Å². The molecule has 1 aromatic carbocycles. The molecule has 33 heavy (non-hydrogen) atoms. The summed E-state index contributed by atoms with van der Waals surface area (Å²) >= 11 is 0. The molecule has 2 heterocycles. The molecule has 2 aliphatic rings. The van der Waals surface area contributed by atoms with Crippen molar-refractivity contribution in [3.05, 3.63) is 35.9 Å². The summed E-state index contributed by atoms with van der Waals surface area (Å²) in [5.74, 6) is 1.07. The van der Waals surface area contributed by atoms with Crippen molar-refractivity contribution in [1.29, 1.82) is 0 Å². The Morgan fingerprint density at radius 1 is 1.06 bits per heavy atom. The van der Waals surface area contributed by atoms with Crippen LogP contribution in [-0.4, -0.2) is 79.6 Å².